The Morgan fingerprint density at radius 1 is 1.19 bits per heavy atom. The van der Waals surface area contributed by atoms with E-state index in [1.807, 2.05) is 51.1 Å². The van der Waals surface area contributed by atoms with Crippen LogP contribution in [0.4, 0.5) is 0 Å². The molecule has 0 saturated heterocycles. The van der Waals surface area contributed by atoms with Crippen LogP contribution in [0.2, 0.25) is 0 Å². The van der Waals surface area contributed by atoms with Crippen molar-refractivity contribution in [2.45, 2.75) is 51.0 Å². The molecule has 1 fully saturated rings. The number of rotatable bonds is 4. The van der Waals surface area contributed by atoms with Crippen LogP contribution in [0, 0.1) is 0 Å². The first kappa shape index (κ1) is 15.5. The molecule has 2 rings (SSSR count). The van der Waals surface area contributed by atoms with Crippen molar-refractivity contribution >= 4 is 11.9 Å². The molecule has 0 unspecified atom stereocenters. The molecule has 0 radical (unpaired) electrons. The lowest BCUT2D eigenvalue weighted by Crippen LogP contribution is -2.58. The Balaban J connectivity index is 2.36. The molecular weight excluding hydrogens is 266 g/mol. The van der Waals surface area contributed by atoms with Crippen molar-refractivity contribution in [1.82, 2.24) is 4.90 Å². The van der Waals surface area contributed by atoms with Gasteiger partial charge in [-0.3, -0.25) is 9.59 Å². The normalized spacial score (nSPS) is 16.9. The van der Waals surface area contributed by atoms with Crippen molar-refractivity contribution in [3.05, 3.63) is 35.9 Å². The minimum Gasteiger partial charge on any atom is -0.480 e. The SMILES string of the molecule is CC(C)(C)N(CC(=O)O)C(=O)C1(c2ccccc2)CCC1. The van der Waals surface area contributed by atoms with Gasteiger partial charge in [-0.05, 0) is 39.2 Å². The Kier molecular flexibility index (Phi) is 4.08. The average molecular weight is 289 g/mol. The quantitative estimate of drug-likeness (QED) is 0.927. The number of amides is 1. The summed E-state index contributed by atoms with van der Waals surface area (Å²) in [5.74, 6) is -1.03. The Morgan fingerprint density at radius 2 is 1.76 bits per heavy atom. The van der Waals surface area contributed by atoms with Crippen LogP contribution in [0.3, 0.4) is 0 Å². The molecule has 1 N–H and O–H groups in total. The van der Waals surface area contributed by atoms with Gasteiger partial charge in [0.05, 0.1) is 5.41 Å². The summed E-state index contributed by atoms with van der Waals surface area (Å²) in [4.78, 5) is 25.7. The van der Waals surface area contributed by atoms with Gasteiger partial charge in [0.15, 0.2) is 0 Å². The molecule has 4 heteroatoms. The van der Waals surface area contributed by atoms with Crippen LogP contribution < -0.4 is 0 Å². The Morgan fingerprint density at radius 3 is 2.14 bits per heavy atom. The molecule has 114 valence electrons. The molecule has 0 aromatic heterocycles. The van der Waals surface area contributed by atoms with E-state index >= 15 is 0 Å². The van der Waals surface area contributed by atoms with Gasteiger partial charge in [-0.25, -0.2) is 0 Å². The smallest absolute Gasteiger partial charge is 0.323 e. The number of hydrogen-bond donors (Lipinski definition) is 1. The number of carboxylic acids is 1. The van der Waals surface area contributed by atoms with E-state index < -0.39 is 16.9 Å². The summed E-state index contributed by atoms with van der Waals surface area (Å²) < 4.78 is 0. The monoisotopic (exact) mass is 289 g/mol. The van der Waals surface area contributed by atoms with Gasteiger partial charge in [0, 0.05) is 5.54 Å². The van der Waals surface area contributed by atoms with Crippen LogP contribution in [-0.4, -0.2) is 34.0 Å². The minimum atomic E-state index is -0.971. The van der Waals surface area contributed by atoms with Crippen LogP contribution >= 0.6 is 0 Å². The van der Waals surface area contributed by atoms with Gasteiger partial charge in [0.2, 0.25) is 5.91 Å². The van der Waals surface area contributed by atoms with Crippen molar-refractivity contribution in [3.63, 3.8) is 0 Å². The standard InChI is InChI=1S/C17H23NO3/c1-16(2,3)18(12-14(19)20)15(21)17(10-7-11-17)13-8-5-4-6-9-13/h4-6,8-9H,7,10-12H2,1-3H3,(H,19,20). The average Bonchev–Trinajstić information content (AvgIpc) is 2.34. The number of hydrogen-bond acceptors (Lipinski definition) is 2. The van der Waals surface area contributed by atoms with E-state index in [9.17, 15) is 9.59 Å². The molecule has 0 atom stereocenters. The Labute approximate surface area is 125 Å². The van der Waals surface area contributed by atoms with Crippen LogP contribution in [0.25, 0.3) is 0 Å². The number of aliphatic carboxylic acids is 1. The first-order chi connectivity index (χ1) is 9.77. The number of carbonyl (C=O) groups excluding carboxylic acids is 1. The third-order valence-corrected chi connectivity index (χ3v) is 4.29. The molecule has 1 saturated carbocycles. The third-order valence-electron chi connectivity index (χ3n) is 4.29. The van der Waals surface area contributed by atoms with Gasteiger partial charge in [-0.2, -0.15) is 0 Å². The zero-order chi connectivity index (χ0) is 15.7. The molecule has 0 aliphatic heterocycles. The first-order valence-electron chi connectivity index (χ1n) is 7.37. The zero-order valence-corrected chi connectivity index (χ0v) is 12.9. The van der Waals surface area contributed by atoms with Crippen LogP contribution in [0.1, 0.15) is 45.6 Å². The summed E-state index contributed by atoms with van der Waals surface area (Å²) in [6.07, 6.45) is 2.59. The van der Waals surface area contributed by atoms with E-state index in [4.69, 9.17) is 5.11 Å². The van der Waals surface area contributed by atoms with E-state index in [-0.39, 0.29) is 12.5 Å². The van der Waals surface area contributed by atoms with E-state index in [0.717, 1.165) is 24.8 Å². The molecule has 0 spiro atoms. The summed E-state index contributed by atoms with van der Waals surface area (Å²) in [5.41, 5.74) is -0.0440. The van der Waals surface area contributed by atoms with E-state index in [1.165, 1.54) is 4.90 Å². The van der Waals surface area contributed by atoms with Gasteiger partial charge in [-0.15, -0.1) is 0 Å². The second-order valence-corrected chi connectivity index (χ2v) is 6.76. The van der Waals surface area contributed by atoms with Gasteiger partial charge in [0.25, 0.3) is 0 Å². The molecule has 1 amide bonds. The maximum atomic E-state index is 13.1. The van der Waals surface area contributed by atoms with Gasteiger partial charge in [-0.1, -0.05) is 36.8 Å². The predicted molar refractivity (Wildman–Crippen MR) is 81.1 cm³/mol. The number of carboxylic acid groups (broad SMARTS) is 1. The first-order valence-corrected chi connectivity index (χ1v) is 7.37. The van der Waals surface area contributed by atoms with Gasteiger partial charge < -0.3 is 10.0 Å². The fourth-order valence-electron chi connectivity index (χ4n) is 2.92. The maximum Gasteiger partial charge on any atom is 0.323 e. The van der Waals surface area contributed by atoms with Crippen molar-refractivity contribution in [2.75, 3.05) is 6.54 Å². The topological polar surface area (TPSA) is 57.6 Å². The van der Waals surface area contributed by atoms with Gasteiger partial charge in [0.1, 0.15) is 6.54 Å². The van der Waals surface area contributed by atoms with Crippen molar-refractivity contribution < 1.29 is 14.7 Å². The zero-order valence-electron chi connectivity index (χ0n) is 12.9. The molecule has 1 aromatic rings. The summed E-state index contributed by atoms with van der Waals surface area (Å²) in [5, 5.41) is 9.13. The van der Waals surface area contributed by atoms with Gasteiger partial charge >= 0.3 is 5.97 Å². The second-order valence-electron chi connectivity index (χ2n) is 6.76. The number of nitrogens with zero attached hydrogens (tertiary/aromatic N) is 1. The van der Waals surface area contributed by atoms with Crippen molar-refractivity contribution in [2.24, 2.45) is 0 Å². The predicted octanol–water partition coefficient (Wildman–Crippen LogP) is 2.82. The molecule has 4 nitrogen and oxygen atoms in total. The fourth-order valence-corrected chi connectivity index (χ4v) is 2.92. The lowest BCUT2D eigenvalue weighted by molar-refractivity contribution is -0.154. The van der Waals surface area contributed by atoms with E-state index in [2.05, 4.69) is 0 Å². The molecule has 0 heterocycles. The van der Waals surface area contributed by atoms with Crippen molar-refractivity contribution in [3.8, 4) is 0 Å². The lowest BCUT2D eigenvalue weighted by atomic mass is 9.63. The Hall–Kier alpha value is -1.84. The number of benzene rings is 1. The highest BCUT2D eigenvalue weighted by atomic mass is 16.4. The van der Waals surface area contributed by atoms with E-state index in [0.29, 0.717) is 0 Å². The van der Waals surface area contributed by atoms with Crippen LogP contribution in [0.5, 0.6) is 0 Å². The highest BCUT2D eigenvalue weighted by Gasteiger charge is 2.49. The summed E-state index contributed by atoms with van der Waals surface area (Å²) >= 11 is 0. The highest BCUT2D eigenvalue weighted by Crippen LogP contribution is 2.46. The molecule has 1 aliphatic carbocycles. The minimum absolute atomic E-state index is 0.0603. The molecule has 1 aromatic carbocycles. The highest BCUT2D eigenvalue weighted by molar-refractivity contribution is 5.92. The van der Waals surface area contributed by atoms with Crippen LogP contribution in [0.15, 0.2) is 30.3 Å². The number of carbonyl (C=O) groups is 2. The largest absolute Gasteiger partial charge is 0.480 e. The summed E-state index contributed by atoms with van der Waals surface area (Å²) in [6.45, 7) is 5.39. The maximum absolute atomic E-state index is 13.1. The van der Waals surface area contributed by atoms with Crippen molar-refractivity contribution in [1.29, 1.82) is 0 Å². The van der Waals surface area contributed by atoms with Crippen LogP contribution in [-0.2, 0) is 15.0 Å². The lowest BCUT2D eigenvalue weighted by Gasteiger charge is -2.47. The summed E-state index contributed by atoms with van der Waals surface area (Å²) in [6, 6.07) is 9.74. The fraction of sp³-hybridized carbons (Fsp3) is 0.529. The Bertz CT molecular complexity index is 527. The second kappa shape index (κ2) is 5.51. The molecule has 21 heavy (non-hydrogen) atoms. The molecular formula is C17H23NO3. The summed E-state index contributed by atoms with van der Waals surface area (Å²) in [7, 11) is 0. The van der Waals surface area contributed by atoms with E-state index in [1.54, 1.807) is 0 Å². The molecule has 0 bridgehead atoms. The molecule has 1 aliphatic rings. The third kappa shape index (κ3) is 2.94.